The van der Waals surface area contributed by atoms with Gasteiger partial charge in [0.1, 0.15) is 5.75 Å². The Balaban J connectivity index is 2.20. The minimum Gasteiger partial charge on any atom is -0.495 e. The Morgan fingerprint density at radius 3 is 2.60 bits per heavy atom. The fourth-order valence-corrected chi connectivity index (χ4v) is 4.14. The van der Waals surface area contributed by atoms with Crippen molar-refractivity contribution in [2.75, 3.05) is 12.4 Å². The highest BCUT2D eigenvalue weighted by atomic mass is 79.9. The number of hydrogen-bond acceptors (Lipinski definition) is 3. The Morgan fingerprint density at radius 2 is 2.00 bits per heavy atom. The molecule has 0 aliphatic rings. The van der Waals surface area contributed by atoms with Crippen molar-refractivity contribution in [3.8, 4) is 5.75 Å². The number of methoxy groups -OCH3 is 1. The van der Waals surface area contributed by atoms with Gasteiger partial charge in [-0.25, -0.2) is 0 Å². The van der Waals surface area contributed by atoms with Crippen molar-refractivity contribution >= 4 is 48.9 Å². The van der Waals surface area contributed by atoms with Gasteiger partial charge in [0, 0.05) is 20.3 Å². The van der Waals surface area contributed by atoms with Crippen LogP contribution >= 0.6 is 43.2 Å². The zero-order valence-electron chi connectivity index (χ0n) is 11.7. The fourth-order valence-electron chi connectivity index (χ4n) is 1.92. The summed E-state index contributed by atoms with van der Waals surface area (Å²) < 4.78 is 7.30. The molecule has 2 nitrogen and oxygen atoms in total. The molecule has 2 rings (SSSR count). The third-order valence-electron chi connectivity index (χ3n) is 3.07. The van der Waals surface area contributed by atoms with Crippen molar-refractivity contribution in [1.82, 2.24) is 0 Å². The first-order valence-electron chi connectivity index (χ1n) is 6.43. The summed E-state index contributed by atoms with van der Waals surface area (Å²) in [6.07, 6.45) is 1.09. The number of benzene rings is 1. The maximum atomic E-state index is 5.34. The highest BCUT2D eigenvalue weighted by Gasteiger charge is 2.12. The Bertz CT molecular complexity index is 598. The van der Waals surface area contributed by atoms with E-state index >= 15 is 0 Å². The first-order chi connectivity index (χ1) is 9.55. The molecule has 2 aromatic rings. The van der Waals surface area contributed by atoms with Gasteiger partial charge >= 0.3 is 0 Å². The monoisotopic (exact) mass is 417 g/mol. The topological polar surface area (TPSA) is 21.3 Å². The summed E-state index contributed by atoms with van der Waals surface area (Å²) in [5.41, 5.74) is 1.03. The second-order valence-corrected chi connectivity index (χ2v) is 7.40. The second kappa shape index (κ2) is 6.96. The third kappa shape index (κ3) is 3.57. The minimum absolute atomic E-state index is 0.266. The number of thiophene rings is 1. The summed E-state index contributed by atoms with van der Waals surface area (Å²) in [5, 5.41) is 3.53. The van der Waals surface area contributed by atoms with E-state index in [9.17, 15) is 0 Å². The smallest absolute Gasteiger partial charge is 0.135 e. The van der Waals surface area contributed by atoms with Crippen molar-refractivity contribution in [2.24, 2.45) is 0 Å². The van der Waals surface area contributed by atoms with Gasteiger partial charge in [0.25, 0.3) is 0 Å². The molecule has 0 spiro atoms. The number of anilines is 1. The summed E-state index contributed by atoms with van der Waals surface area (Å²) >= 11 is 8.93. The SMILES string of the molecule is CCc1ccc(C(C)Nc2cc(OC)c(Br)cc2Br)s1. The minimum atomic E-state index is 0.266. The zero-order chi connectivity index (χ0) is 14.7. The van der Waals surface area contributed by atoms with Crippen LogP contribution in [-0.2, 0) is 6.42 Å². The van der Waals surface area contributed by atoms with Crippen molar-refractivity contribution in [2.45, 2.75) is 26.3 Å². The van der Waals surface area contributed by atoms with Crippen molar-refractivity contribution in [1.29, 1.82) is 0 Å². The normalized spacial score (nSPS) is 12.2. The maximum Gasteiger partial charge on any atom is 0.135 e. The Morgan fingerprint density at radius 1 is 1.25 bits per heavy atom. The largest absolute Gasteiger partial charge is 0.495 e. The lowest BCUT2D eigenvalue weighted by atomic mass is 10.2. The number of halogens is 2. The Hall–Kier alpha value is -0.520. The van der Waals surface area contributed by atoms with Gasteiger partial charge < -0.3 is 10.1 Å². The molecule has 1 atom stereocenters. The van der Waals surface area contributed by atoms with Crippen LogP contribution in [0.2, 0.25) is 0 Å². The lowest BCUT2D eigenvalue weighted by molar-refractivity contribution is 0.412. The maximum absolute atomic E-state index is 5.34. The molecule has 1 aromatic heterocycles. The summed E-state index contributed by atoms with van der Waals surface area (Å²) in [4.78, 5) is 2.76. The molecule has 0 aliphatic carbocycles. The van der Waals surface area contributed by atoms with Crippen LogP contribution in [0.4, 0.5) is 5.69 Å². The molecule has 5 heteroatoms. The number of nitrogens with one attached hydrogen (secondary N) is 1. The first kappa shape index (κ1) is 15.9. The fraction of sp³-hybridized carbons (Fsp3) is 0.333. The number of hydrogen-bond donors (Lipinski definition) is 1. The van der Waals surface area contributed by atoms with E-state index in [0.29, 0.717) is 0 Å². The average Bonchev–Trinajstić information content (AvgIpc) is 2.90. The van der Waals surface area contributed by atoms with Gasteiger partial charge in [-0.3, -0.25) is 0 Å². The molecule has 20 heavy (non-hydrogen) atoms. The molecule has 1 heterocycles. The highest BCUT2D eigenvalue weighted by molar-refractivity contribution is 9.11. The van der Waals surface area contributed by atoms with Gasteiger partial charge in [-0.2, -0.15) is 0 Å². The van der Waals surface area contributed by atoms with Crippen LogP contribution in [-0.4, -0.2) is 7.11 Å². The van der Waals surface area contributed by atoms with E-state index in [0.717, 1.165) is 26.8 Å². The number of rotatable bonds is 5. The van der Waals surface area contributed by atoms with Crippen LogP contribution in [0.5, 0.6) is 5.75 Å². The quantitative estimate of drug-likeness (QED) is 0.641. The van der Waals surface area contributed by atoms with E-state index in [2.05, 4.69) is 63.2 Å². The van der Waals surface area contributed by atoms with Crippen molar-refractivity contribution < 1.29 is 4.74 Å². The van der Waals surface area contributed by atoms with Crippen LogP contribution in [0.1, 0.15) is 29.6 Å². The first-order valence-corrected chi connectivity index (χ1v) is 8.83. The summed E-state index contributed by atoms with van der Waals surface area (Å²) in [7, 11) is 1.67. The molecular formula is C15H17Br2NOS. The molecule has 0 amide bonds. The molecule has 108 valence electrons. The van der Waals surface area contributed by atoms with Crippen molar-refractivity contribution in [3.05, 3.63) is 43.0 Å². The summed E-state index contributed by atoms with van der Waals surface area (Å²) in [5.74, 6) is 0.823. The second-order valence-electron chi connectivity index (χ2n) is 4.49. The molecule has 0 fully saturated rings. The molecule has 1 N–H and O–H groups in total. The zero-order valence-corrected chi connectivity index (χ0v) is 15.7. The summed E-state index contributed by atoms with van der Waals surface area (Å²) in [6.45, 7) is 4.36. The van der Waals surface area contributed by atoms with Crippen LogP contribution in [0, 0.1) is 0 Å². The number of ether oxygens (including phenoxy) is 1. The molecule has 0 saturated carbocycles. The van der Waals surface area contributed by atoms with Gasteiger partial charge in [-0.1, -0.05) is 6.92 Å². The van der Waals surface area contributed by atoms with Crippen LogP contribution in [0.15, 0.2) is 33.2 Å². The predicted molar refractivity (Wildman–Crippen MR) is 94.1 cm³/mol. The summed E-state index contributed by atoms with van der Waals surface area (Å²) in [6, 6.07) is 8.67. The van der Waals surface area contributed by atoms with Gasteiger partial charge in [-0.05, 0) is 63.4 Å². The highest BCUT2D eigenvalue weighted by Crippen LogP contribution is 2.36. The molecule has 0 aliphatic heterocycles. The van der Waals surface area contributed by atoms with Gasteiger partial charge in [0.15, 0.2) is 0 Å². The third-order valence-corrected chi connectivity index (χ3v) is 5.76. The van der Waals surface area contributed by atoms with E-state index in [1.807, 2.05) is 23.5 Å². The Labute approximate surface area is 140 Å². The van der Waals surface area contributed by atoms with Gasteiger partial charge in [0.2, 0.25) is 0 Å². The lowest BCUT2D eigenvalue weighted by Gasteiger charge is -2.16. The standard InChI is InChI=1S/C15H17Br2NOS/c1-4-10-5-6-15(20-10)9(2)18-13-8-14(19-3)12(17)7-11(13)16/h5-9,18H,4H2,1-3H3. The number of aryl methyl sites for hydroxylation is 1. The lowest BCUT2D eigenvalue weighted by Crippen LogP contribution is -2.05. The van der Waals surface area contributed by atoms with E-state index in [1.54, 1.807) is 7.11 Å². The predicted octanol–water partition coefficient (Wildman–Crippen LogP) is 6.02. The Kier molecular flexibility index (Phi) is 5.52. The molecule has 0 saturated heterocycles. The molecule has 1 unspecified atom stereocenters. The van der Waals surface area contributed by atoms with Gasteiger partial charge in [0.05, 0.1) is 23.3 Å². The van der Waals surface area contributed by atoms with E-state index < -0.39 is 0 Å². The molecule has 0 radical (unpaired) electrons. The van der Waals surface area contributed by atoms with E-state index in [-0.39, 0.29) is 6.04 Å². The van der Waals surface area contributed by atoms with Crippen LogP contribution in [0.25, 0.3) is 0 Å². The van der Waals surface area contributed by atoms with Crippen molar-refractivity contribution in [3.63, 3.8) is 0 Å². The molecule has 1 aromatic carbocycles. The van der Waals surface area contributed by atoms with E-state index in [4.69, 9.17) is 4.74 Å². The average molecular weight is 419 g/mol. The van der Waals surface area contributed by atoms with E-state index in [1.165, 1.54) is 9.75 Å². The van der Waals surface area contributed by atoms with Crippen LogP contribution < -0.4 is 10.1 Å². The molecular weight excluding hydrogens is 402 g/mol. The molecule has 0 bridgehead atoms. The van der Waals surface area contributed by atoms with Gasteiger partial charge in [-0.15, -0.1) is 11.3 Å². The van der Waals surface area contributed by atoms with Crippen LogP contribution in [0.3, 0.4) is 0 Å².